The third-order valence-electron chi connectivity index (χ3n) is 10.9. The van der Waals surface area contributed by atoms with Crippen LogP contribution in [0, 0.1) is 0 Å². The number of allylic oxidation sites excluding steroid dienone is 15. The van der Waals surface area contributed by atoms with Crippen LogP contribution in [-0.2, 0) is 46.3 Å². The first-order chi connectivity index (χ1) is 35.5. The number of ether oxygens (including phenoxy) is 3. The largest absolute Gasteiger partial charge is 0.481 e. The molecule has 416 valence electrons. The molecule has 0 saturated carbocycles. The molecule has 0 aliphatic carbocycles. The van der Waals surface area contributed by atoms with Gasteiger partial charge in [-0.3, -0.25) is 23.2 Å². The highest BCUT2D eigenvalue weighted by molar-refractivity contribution is 7.61. The molecule has 1 aromatic rings. The molecule has 74 heavy (non-hydrogen) atoms. The van der Waals surface area contributed by atoms with E-state index in [1.165, 1.54) is 25.3 Å². The topological polar surface area (TPSA) is 306 Å². The smallest absolute Gasteiger partial charge is 0.462 e. The highest BCUT2D eigenvalue weighted by Crippen LogP contribution is 2.60. The fraction of sp³-hybridized carbons (Fsp3) is 0.577. The van der Waals surface area contributed by atoms with Gasteiger partial charge in [0.05, 0.1) is 25.4 Å². The number of aliphatic hydroxyl groups is 4. The van der Waals surface area contributed by atoms with Gasteiger partial charge in [0.15, 0.2) is 12.3 Å². The Morgan fingerprint density at radius 1 is 0.716 bits per heavy atom. The summed E-state index contributed by atoms with van der Waals surface area (Å²) < 4.78 is 56.5. The molecule has 0 radical (unpaired) electrons. The van der Waals surface area contributed by atoms with Crippen LogP contribution < -0.4 is 11.4 Å². The first-order valence-electron chi connectivity index (χ1n) is 25.4. The van der Waals surface area contributed by atoms with Gasteiger partial charge in [-0.05, 0) is 96.0 Å². The molecule has 1 aliphatic heterocycles. The van der Waals surface area contributed by atoms with E-state index < -0.39 is 95.9 Å². The number of phosphoric acid groups is 2. The summed E-state index contributed by atoms with van der Waals surface area (Å²) >= 11 is 0. The van der Waals surface area contributed by atoms with Crippen LogP contribution in [0.5, 0.6) is 0 Å². The van der Waals surface area contributed by atoms with Gasteiger partial charge < -0.3 is 50.2 Å². The normalized spacial score (nSPS) is 20.5. The summed E-state index contributed by atoms with van der Waals surface area (Å²) in [6, 6.07) is 1.23. The summed E-state index contributed by atoms with van der Waals surface area (Å²) in [5, 5.41) is 41.8. The number of anilines is 1. The zero-order valence-electron chi connectivity index (χ0n) is 42.8. The maximum absolute atomic E-state index is 12.9. The molecule has 0 aromatic carbocycles. The van der Waals surface area contributed by atoms with Gasteiger partial charge in [-0.1, -0.05) is 124 Å². The van der Waals surface area contributed by atoms with Crippen molar-refractivity contribution in [1.82, 2.24) is 9.55 Å². The Kier molecular flexibility index (Phi) is 34.7. The zero-order chi connectivity index (χ0) is 54.5. The predicted molar refractivity (Wildman–Crippen MR) is 282 cm³/mol. The quantitative estimate of drug-likeness (QED) is 0.0140. The second kappa shape index (κ2) is 39.0. The van der Waals surface area contributed by atoms with E-state index in [0.29, 0.717) is 25.7 Å². The van der Waals surface area contributed by atoms with Gasteiger partial charge in [-0.15, -0.1) is 0 Å². The Morgan fingerprint density at radius 3 is 1.84 bits per heavy atom. The molecule has 2 heterocycles. The van der Waals surface area contributed by atoms with Crippen molar-refractivity contribution >= 4 is 33.4 Å². The number of hydrogen-bond donors (Lipinski definition) is 7. The standard InChI is InChI=1S/C52H81N3O17P2/c1-3-5-7-9-11-13-15-17-18-19-20-21-23-25-27-29-31-35-48(59)70-42(39-67-47(58)36-32-34-44(57)43(56)33-30-28-26-24-22-16-14-12-10-8-6-4-2)40-68-73(63,64)72-74(65,66)69-41-45-49(60)50(61)51(71-45)55-38-37-46(53)54-52(55)62/h6,8,11-14,17-18,20-22,24-25,27-28,30,37-38,42-45,49-51,56-57,60-61H,3-5,7,9-10,15-16,19,23,26,29,31-36,39-41H2,1-2H3,(H,63,64)(H,65,66)(H2,53,54,62)/b8-6-,13-11-,14-12-,18-17-,21-20-,24-22-,27-25-,30-28-/t42-,43+,44+,45-,49-,50-,51-/m1/s1. The third-order valence-corrected chi connectivity index (χ3v) is 13.5. The molecule has 1 aromatic heterocycles. The predicted octanol–water partition coefficient (Wildman–Crippen LogP) is 8.38. The van der Waals surface area contributed by atoms with Crippen LogP contribution in [0.1, 0.15) is 136 Å². The van der Waals surface area contributed by atoms with E-state index >= 15 is 0 Å². The monoisotopic (exact) mass is 1080 g/mol. The van der Waals surface area contributed by atoms with Crippen molar-refractivity contribution in [2.75, 3.05) is 25.6 Å². The summed E-state index contributed by atoms with van der Waals surface area (Å²) in [5.41, 5.74) is 4.56. The van der Waals surface area contributed by atoms with Gasteiger partial charge in [-0.25, -0.2) is 13.9 Å². The molecule has 20 nitrogen and oxygen atoms in total. The van der Waals surface area contributed by atoms with Crippen LogP contribution in [0.4, 0.5) is 5.82 Å². The number of unbranched alkanes of at least 4 members (excludes halogenated alkanes) is 4. The Labute approximate surface area is 435 Å². The van der Waals surface area contributed by atoms with Gasteiger partial charge in [0.25, 0.3) is 0 Å². The summed E-state index contributed by atoms with van der Waals surface area (Å²) in [6.45, 7) is 1.66. The number of hydrogen-bond acceptors (Lipinski definition) is 17. The maximum Gasteiger partial charge on any atom is 0.481 e. The number of phosphoric ester groups is 2. The molecule has 1 saturated heterocycles. The minimum Gasteiger partial charge on any atom is -0.462 e. The Bertz CT molecular complexity index is 2160. The highest BCUT2D eigenvalue weighted by Gasteiger charge is 2.46. The number of aliphatic hydroxyl groups excluding tert-OH is 4. The SMILES string of the molecule is CC/C=C\C/C=C\C/C=C\C/C=C\C[C@H](O)[C@@H](O)CCCC(=O)OC[C@H](COP(=O)(O)OP(=O)(O)OC[C@H]1O[C@@H](n2ccc(N)nc2=O)[C@H](O)[C@@H]1O)OC(=O)CCC/C=C\C/C=C\C/C=C\C/C=C\CCCCC. The number of aromatic nitrogens is 2. The highest BCUT2D eigenvalue weighted by atomic mass is 31.3. The second-order valence-electron chi connectivity index (χ2n) is 17.2. The number of rotatable bonds is 40. The van der Waals surface area contributed by atoms with Gasteiger partial charge in [0.2, 0.25) is 0 Å². The lowest BCUT2D eigenvalue weighted by atomic mass is 10.0. The van der Waals surface area contributed by atoms with E-state index in [-0.39, 0.29) is 37.9 Å². The molecule has 0 spiro atoms. The zero-order valence-corrected chi connectivity index (χ0v) is 44.6. The molecular weight excluding hydrogens is 1000 g/mol. The lowest BCUT2D eigenvalue weighted by molar-refractivity contribution is -0.161. The minimum absolute atomic E-state index is 0.0617. The van der Waals surface area contributed by atoms with E-state index in [4.69, 9.17) is 29.0 Å². The average Bonchev–Trinajstić information content (AvgIpc) is 3.63. The maximum atomic E-state index is 12.9. The van der Waals surface area contributed by atoms with Crippen molar-refractivity contribution in [2.24, 2.45) is 0 Å². The summed E-state index contributed by atoms with van der Waals surface area (Å²) in [6.07, 6.45) is 35.2. The van der Waals surface area contributed by atoms with Crippen LogP contribution in [0.2, 0.25) is 0 Å². The molecule has 0 bridgehead atoms. The summed E-state index contributed by atoms with van der Waals surface area (Å²) in [7, 11) is -11.0. The van der Waals surface area contributed by atoms with E-state index in [2.05, 4.69) is 77.8 Å². The van der Waals surface area contributed by atoms with Crippen LogP contribution in [0.15, 0.2) is 114 Å². The van der Waals surface area contributed by atoms with Crippen molar-refractivity contribution in [3.05, 3.63) is 120 Å². The molecule has 8 N–H and O–H groups in total. The summed E-state index contributed by atoms with van der Waals surface area (Å²) in [4.78, 5) is 61.9. The van der Waals surface area contributed by atoms with Crippen LogP contribution in [-0.4, -0.2) is 108 Å². The van der Waals surface area contributed by atoms with Crippen molar-refractivity contribution in [2.45, 2.75) is 172 Å². The molecule has 1 fully saturated rings. The molecule has 2 rings (SSSR count). The van der Waals surface area contributed by atoms with E-state index in [0.717, 1.165) is 49.3 Å². The number of nitrogens with zero attached hydrogens (tertiary/aromatic N) is 2. The number of nitrogen functional groups attached to an aromatic ring is 1. The molecule has 9 atom stereocenters. The van der Waals surface area contributed by atoms with Crippen molar-refractivity contribution < 1.29 is 76.5 Å². The number of carbonyl (C=O) groups excluding carboxylic acids is 2. The molecular formula is C52H81N3O17P2. The van der Waals surface area contributed by atoms with Crippen LogP contribution in [0.25, 0.3) is 0 Å². The fourth-order valence-electron chi connectivity index (χ4n) is 6.80. The number of nitrogens with two attached hydrogens (primary N) is 1. The lowest BCUT2D eigenvalue weighted by Gasteiger charge is -2.21. The third kappa shape index (κ3) is 30.8. The van der Waals surface area contributed by atoms with E-state index in [1.807, 2.05) is 36.5 Å². The van der Waals surface area contributed by atoms with Gasteiger partial charge in [0, 0.05) is 19.0 Å². The first-order valence-corrected chi connectivity index (χ1v) is 28.4. The number of carbonyl (C=O) groups is 2. The van der Waals surface area contributed by atoms with E-state index in [1.54, 1.807) is 6.08 Å². The fourth-order valence-corrected chi connectivity index (χ4v) is 8.91. The Hall–Kier alpha value is -4.40. The lowest BCUT2D eigenvalue weighted by Crippen LogP contribution is -2.36. The molecule has 1 aliphatic rings. The van der Waals surface area contributed by atoms with Gasteiger partial charge >= 0.3 is 33.3 Å². The minimum atomic E-state index is -5.51. The second-order valence-corrected chi connectivity index (χ2v) is 20.3. The van der Waals surface area contributed by atoms with Gasteiger partial charge in [-0.2, -0.15) is 9.29 Å². The first kappa shape index (κ1) is 65.7. The van der Waals surface area contributed by atoms with Crippen LogP contribution >= 0.6 is 15.6 Å². The Morgan fingerprint density at radius 2 is 1.26 bits per heavy atom. The molecule has 2 unspecified atom stereocenters. The van der Waals surface area contributed by atoms with Gasteiger partial charge in [0.1, 0.15) is 30.7 Å². The van der Waals surface area contributed by atoms with Crippen LogP contribution in [0.3, 0.4) is 0 Å². The van der Waals surface area contributed by atoms with E-state index in [9.17, 15) is 53.7 Å². The summed E-state index contributed by atoms with van der Waals surface area (Å²) in [5.74, 6) is -1.68. The molecule has 22 heteroatoms. The Balaban J connectivity index is 1.90. The van der Waals surface area contributed by atoms with Crippen molar-refractivity contribution in [1.29, 1.82) is 0 Å². The average molecular weight is 1080 g/mol. The molecule has 0 amide bonds. The number of esters is 2. The van der Waals surface area contributed by atoms with Crippen molar-refractivity contribution in [3.63, 3.8) is 0 Å². The van der Waals surface area contributed by atoms with Crippen molar-refractivity contribution in [3.8, 4) is 0 Å².